The van der Waals surface area contributed by atoms with Crippen molar-refractivity contribution in [2.24, 2.45) is 10.7 Å². The third-order valence-electron chi connectivity index (χ3n) is 4.60. The van der Waals surface area contributed by atoms with Crippen LogP contribution in [0.25, 0.3) is 0 Å². The molecule has 2 aromatic carbocycles. The summed E-state index contributed by atoms with van der Waals surface area (Å²) in [6.45, 7) is 3.72. The van der Waals surface area contributed by atoms with Gasteiger partial charge in [-0.25, -0.2) is 4.99 Å². The molecule has 1 aliphatic heterocycles. The summed E-state index contributed by atoms with van der Waals surface area (Å²) in [5.74, 6) is 0.309. The molecule has 3 rings (SSSR count). The number of nitrogens with one attached hydrogen (secondary N) is 3. The van der Waals surface area contributed by atoms with Crippen molar-refractivity contribution in [3.63, 3.8) is 0 Å². The average molecular weight is 379 g/mol. The molecular weight excluding hydrogens is 354 g/mol. The Morgan fingerprint density at radius 3 is 2.82 bits per heavy atom. The summed E-state index contributed by atoms with van der Waals surface area (Å²) in [6.07, 6.45) is 0.435. The van der Waals surface area contributed by atoms with Crippen molar-refractivity contribution in [1.82, 2.24) is 10.6 Å². The second-order valence-electron chi connectivity index (χ2n) is 6.68. The highest BCUT2D eigenvalue weighted by Crippen LogP contribution is 2.31. The van der Waals surface area contributed by atoms with Gasteiger partial charge in [0, 0.05) is 36.7 Å². The molecule has 0 saturated heterocycles. The van der Waals surface area contributed by atoms with Crippen molar-refractivity contribution in [3.05, 3.63) is 65.2 Å². The van der Waals surface area contributed by atoms with Crippen molar-refractivity contribution < 1.29 is 9.59 Å². The number of nitrogens with zero attached hydrogens (tertiary/aromatic N) is 1. The number of benzene rings is 2. The molecule has 146 valence electrons. The van der Waals surface area contributed by atoms with Gasteiger partial charge in [0.15, 0.2) is 5.96 Å². The van der Waals surface area contributed by atoms with Gasteiger partial charge in [-0.2, -0.15) is 0 Å². The zero-order chi connectivity index (χ0) is 19.9. The first kappa shape index (κ1) is 19.4. The van der Waals surface area contributed by atoms with Crippen LogP contribution in [0.15, 0.2) is 53.5 Å². The number of amides is 2. The van der Waals surface area contributed by atoms with E-state index in [1.807, 2.05) is 37.3 Å². The zero-order valence-electron chi connectivity index (χ0n) is 15.9. The highest BCUT2D eigenvalue weighted by molar-refractivity contribution is 5.95. The Labute approximate surface area is 164 Å². The van der Waals surface area contributed by atoms with E-state index < -0.39 is 5.91 Å². The summed E-state index contributed by atoms with van der Waals surface area (Å²) in [5, 5.41) is 9.45. The highest BCUT2D eigenvalue weighted by atomic mass is 16.2. The van der Waals surface area contributed by atoms with Crippen LogP contribution >= 0.6 is 0 Å². The Kier molecular flexibility index (Phi) is 6.26. The lowest BCUT2D eigenvalue weighted by Crippen LogP contribution is -2.40. The van der Waals surface area contributed by atoms with Gasteiger partial charge in [0.25, 0.3) is 0 Å². The molecule has 1 heterocycles. The highest BCUT2D eigenvalue weighted by Gasteiger charge is 2.24. The first-order valence-electron chi connectivity index (χ1n) is 9.36. The normalized spacial score (nSPS) is 16.1. The van der Waals surface area contributed by atoms with Crippen molar-refractivity contribution in [2.75, 3.05) is 18.4 Å². The van der Waals surface area contributed by atoms with Crippen LogP contribution < -0.4 is 21.7 Å². The predicted octanol–water partition coefficient (Wildman–Crippen LogP) is 1.97. The van der Waals surface area contributed by atoms with E-state index in [0.29, 0.717) is 31.0 Å². The molecule has 1 unspecified atom stereocenters. The molecule has 0 bridgehead atoms. The van der Waals surface area contributed by atoms with E-state index in [2.05, 4.69) is 20.9 Å². The number of carbonyl (C=O) groups excluding carboxylic acids is 2. The second kappa shape index (κ2) is 9.03. The van der Waals surface area contributed by atoms with Crippen LogP contribution in [0.1, 0.15) is 40.7 Å². The molecule has 0 spiro atoms. The van der Waals surface area contributed by atoms with Crippen molar-refractivity contribution in [3.8, 4) is 0 Å². The molecule has 2 amide bonds. The van der Waals surface area contributed by atoms with Crippen LogP contribution in [0.5, 0.6) is 0 Å². The number of aliphatic imine (C=N–C) groups is 1. The van der Waals surface area contributed by atoms with Crippen LogP contribution in [0.4, 0.5) is 5.69 Å². The smallest absolute Gasteiger partial charge is 0.248 e. The van der Waals surface area contributed by atoms with E-state index >= 15 is 0 Å². The number of carbonyl (C=O) groups is 2. The maximum absolute atomic E-state index is 12.0. The molecule has 1 aliphatic rings. The lowest BCUT2D eigenvalue weighted by Gasteiger charge is -2.26. The third kappa shape index (κ3) is 4.88. The van der Waals surface area contributed by atoms with Gasteiger partial charge >= 0.3 is 0 Å². The van der Waals surface area contributed by atoms with Gasteiger partial charge in [-0.1, -0.05) is 30.3 Å². The molecule has 28 heavy (non-hydrogen) atoms. The van der Waals surface area contributed by atoms with Gasteiger partial charge in [-0.15, -0.1) is 0 Å². The number of rotatable bonds is 6. The minimum absolute atomic E-state index is 0.0238. The number of fused-ring (bicyclic) bond motifs is 1. The van der Waals surface area contributed by atoms with E-state index in [1.165, 1.54) is 0 Å². The molecule has 7 heteroatoms. The SMILES string of the molecule is CCNC(=NCc1cccc(C(N)=O)c1)NCC1CC(=O)Nc2ccccc21. The first-order chi connectivity index (χ1) is 13.6. The number of hydrogen-bond acceptors (Lipinski definition) is 3. The fourth-order valence-corrected chi connectivity index (χ4v) is 3.24. The van der Waals surface area contributed by atoms with Crippen molar-refractivity contribution >= 4 is 23.5 Å². The van der Waals surface area contributed by atoms with Gasteiger partial charge in [0.2, 0.25) is 11.8 Å². The predicted molar refractivity (Wildman–Crippen MR) is 110 cm³/mol. The Morgan fingerprint density at radius 2 is 2.04 bits per heavy atom. The number of hydrogen-bond donors (Lipinski definition) is 4. The number of para-hydroxylation sites is 1. The fourth-order valence-electron chi connectivity index (χ4n) is 3.24. The zero-order valence-corrected chi connectivity index (χ0v) is 15.9. The Balaban J connectivity index is 1.68. The van der Waals surface area contributed by atoms with Crippen LogP contribution in [-0.2, 0) is 11.3 Å². The molecule has 1 atom stereocenters. The molecule has 0 aliphatic carbocycles. The number of guanidine groups is 1. The van der Waals surface area contributed by atoms with Crippen molar-refractivity contribution in [1.29, 1.82) is 0 Å². The summed E-state index contributed by atoms with van der Waals surface area (Å²) in [6, 6.07) is 15.0. The quantitative estimate of drug-likeness (QED) is 0.454. The largest absolute Gasteiger partial charge is 0.366 e. The number of anilines is 1. The summed E-state index contributed by atoms with van der Waals surface area (Å²) in [5.41, 5.74) is 8.70. The molecule has 7 nitrogen and oxygen atoms in total. The monoisotopic (exact) mass is 379 g/mol. The van der Waals surface area contributed by atoms with E-state index in [0.717, 1.165) is 23.4 Å². The van der Waals surface area contributed by atoms with Gasteiger partial charge in [0.1, 0.15) is 0 Å². The first-order valence-corrected chi connectivity index (χ1v) is 9.36. The molecule has 0 fully saturated rings. The third-order valence-corrected chi connectivity index (χ3v) is 4.60. The topological polar surface area (TPSA) is 109 Å². The van der Waals surface area contributed by atoms with Crippen LogP contribution in [0.2, 0.25) is 0 Å². The van der Waals surface area contributed by atoms with E-state index in [-0.39, 0.29) is 11.8 Å². The maximum Gasteiger partial charge on any atom is 0.248 e. The summed E-state index contributed by atoms with van der Waals surface area (Å²) >= 11 is 0. The van der Waals surface area contributed by atoms with Gasteiger partial charge in [-0.3, -0.25) is 9.59 Å². The molecule has 2 aromatic rings. The van der Waals surface area contributed by atoms with E-state index in [9.17, 15) is 9.59 Å². The Hall–Kier alpha value is -3.35. The van der Waals surface area contributed by atoms with E-state index in [1.54, 1.807) is 18.2 Å². The van der Waals surface area contributed by atoms with Gasteiger partial charge < -0.3 is 21.7 Å². The molecular formula is C21H25N5O2. The summed E-state index contributed by atoms with van der Waals surface area (Å²) in [4.78, 5) is 27.9. The Morgan fingerprint density at radius 1 is 1.21 bits per heavy atom. The van der Waals surface area contributed by atoms with Crippen LogP contribution in [-0.4, -0.2) is 30.9 Å². The molecule has 5 N–H and O–H groups in total. The minimum atomic E-state index is -0.454. The standard InChI is InChI=1S/C21H25N5O2/c1-2-23-21(24-12-14-6-5-7-15(10-14)20(22)28)25-13-16-11-19(27)26-18-9-4-3-8-17(16)18/h3-10,16H,2,11-13H2,1H3,(H2,22,28)(H,26,27)(H2,23,24,25). The van der Waals surface area contributed by atoms with Crippen molar-refractivity contribution in [2.45, 2.75) is 25.8 Å². The summed E-state index contributed by atoms with van der Waals surface area (Å²) in [7, 11) is 0. The van der Waals surface area contributed by atoms with Crippen LogP contribution in [0, 0.1) is 0 Å². The second-order valence-corrected chi connectivity index (χ2v) is 6.68. The van der Waals surface area contributed by atoms with Crippen LogP contribution in [0.3, 0.4) is 0 Å². The Bertz CT molecular complexity index is 894. The minimum Gasteiger partial charge on any atom is -0.366 e. The number of primary amides is 1. The summed E-state index contributed by atoms with van der Waals surface area (Å²) < 4.78 is 0. The fraction of sp³-hybridized carbons (Fsp3) is 0.286. The average Bonchev–Trinajstić information content (AvgIpc) is 2.70. The number of nitrogens with two attached hydrogens (primary N) is 1. The molecule has 0 saturated carbocycles. The van der Waals surface area contributed by atoms with E-state index in [4.69, 9.17) is 5.73 Å². The lowest BCUT2D eigenvalue weighted by atomic mass is 9.90. The van der Waals surface area contributed by atoms with Gasteiger partial charge in [0.05, 0.1) is 6.54 Å². The molecule has 0 aromatic heterocycles. The maximum atomic E-state index is 12.0. The van der Waals surface area contributed by atoms with Gasteiger partial charge in [-0.05, 0) is 36.2 Å². The molecule has 0 radical (unpaired) electrons. The lowest BCUT2D eigenvalue weighted by molar-refractivity contribution is -0.116.